The highest BCUT2D eigenvalue weighted by molar-refractivity contribution is 7.17. The van der Waals surface area contributed by atoms with Crippen LogP contribution < -0.4 is 0 Å². The van der Waals surface area contributed by atoms with E-state index in [1.807, 2.05) is 23.8 Å². The zero-order valence-electron chi connectivity index (χ0n) is 6.64. The summed E-state index contributed by atoms with van der Waals surface area (Å²) in [6.45, 7) is 0. The third-order valence-corrected chi connectivity index (χ3v) is 2.82. The molecule has 0 aliphatic carbocycles. The fraction of sp³-hybridized carbons (Fsp3) is 0. The lowest BCUT2D eigenvalue weighted by Gasteiger charge is -1.94. The van der Waals surface area contributed by atoms with Gasteiger partial charge in [0.25, 0.3) is 0 Å². The molecule has 0 unspecified atom stereocenters. The van der Waals surface area contributed by atoms with Crippen LogP contribution in [0.5, 0.6) is 0 Å². The summed E-state index contributed by atoms with van der Waals surface area (Å²) in [6, 6.07) is 3.99. The third-order valence-electron chi connectivity index (χ3n) is 1.97. The van der Waals surface area contributed by atoms with E-state index in [4.69, 9.17) is 0 Å². The summed E-state index contributed by atoms with van der Waals surface area (Å²) in [4.78, 5) is 12.4. The van der Waals surface area contributed by atoms with Crippen LogP contribution in [-0.4, -0.2) is 15.0 Å². The Morgan fingerprint density at radius 1 is 1.15 bits per heavy atom. The first-order valence-electron chi connectivity index (χ1n) is 3.87. The van der Waals surface area contributed by atoms with Gasteiger partial charge in [-0.15, -0.1) is 11.3 Å². The molecule has 0 saturated carbocycles. The van der Waals surface area contributed by atoms with E-state index in [2.05, 4.69) is 15.0 Å². The molecule has 0 saturated heterocycles. The minimum absolute atomic E-state index is 0.995. The van der Waals surface area contributed by atoms with Crippen LogP contribution in [0.1, 0.15) is 0 Å². The summed E-state index contributed by atoms with van der Waals surface area (Å²) < 4.78 is 1.14. The van der Waals surface area contributed by atoms with Gasteiger partial charge < -0.3 is 0 Å². The first-order valence-corrected chi connectivity index (χ1v) is 4.75. The lowest BCUT2D eigenvalue weighted by molar-refractivity contribution is 1.23. The van der Waals surface area contributed by atoms with E-state index in [-0.39, 0.29) is 0 Å². The predicted octanol–water partition coefficient (Wildman–Crippen LogP) is 2.24. The van der Waals surface area contributed by atoms with Crippen molar-refractivity contribution in [2.24, 2.45) is 0 Å². The largest absolute Gasteiger partial charge is 0.245 e. The highest BCUT2D eigenvalue weighted by Crippen LogP contribution is 2.25. The van der Waals surface area contributed by atoms with Gasteiger partial charge in [0, 0.05) is 11.6 Å². The van der Waals surface area contributed by atoms with Crippen molar-refractivity contribution in [3.63, 3.8) is 0 Å². The minimum atomic E-state index is 0.995. The van der Waals surface area contributed by atoms with Crippen molar-refractivity contribution < 1.29 is 0 Å². The maximum absolute atomic E-state index is 4.24. The topological polar surface area (TPSA) is 38.7 Å². The summed E-state index contributed by atoms with van der Waals surface area (Å²) in [5.41, 5.74) is 3.85. The Hall–Kier alpha value is -1.55. The van der Waals surface area contributed by atoms with Crippen molar-refractivity contribution >= 4 is 32.5 Å². The molecule has 1 aromatic carbocycles. The minimum Gasteiger partial charge on any atom is -0.245 e. The van der Waals surface area contributed by atoms with Crippen LogP contribution in [0, 0.1) is 0 Å². The monoisotopic (exact) mass is 187 g/mol. The zero-order valence-corrected chi connectivity index (χ0v) is 7.45. The Kier molecular flexibility index (Phi) is 1.31. The number of benzene rings is 1. The second kappa shape index (κ2) is 2.47. The molecule has 3 nitrogen and oxygen atoms in total. The van der Waals surface area contributed by atoms with E-state index < -0.39 is 0 Å². The van der Waals surface area contributed by atoms with Crippen molar-refractivity contribution in [1.29, 1.82) is 0 Å². The van der Waals surface area contributed by atoms with Gasteiger partial charge >= 0.3 is 0 Å². The number of fused-ring (bicyclic) bond motifs is 3. The molecule has 0 atom stereocenters. The molecule has 0 aliphatic heterocycles. The fourth-order valence-electron chi connectivity index (χ4n) is 1.37. The van der Waals surface area contributed by atoms with Gasteiger partial charge in [0.1, 0.15) is 6.33 Å². The average molecular weight is 187 g/mol. The molecule has 2 aromatic heterocycles. The van der Waals surface area contributed by atoms with Gasteiger partial charge in [-0.25, -0.2) is 15.0 Å². The van der Waals surface area contributed by atoms with Gasteiger partial charge in [-0.2, -0.15) is 0 Å². The van der Waals surface area contributed by atoms with Crippen LogP contribution in [0.2, 0.25) is 0 Å². The van der Waals surface area contributed by atoms with Gasteiger partial charge in [-0.3, -0.25) is 0 Å². The van der Waals surface area contributed by atoms with Gasteiger partial charge in [-0.05, 0) is 12.1 Å². The molecule has 2 heterocycles. The van der Waals surface area contributed by atoms with Gasteiger partial charge in [0.2, 0.25) is 0 Å². The van der Waals surface area contributed by atoms with Crippen LogP contribution in [0.15, 0.2) is 30.2 Å². The van der Waals surface area contributed by atoms with Crippen molar-refractivity contribution in [1.82, 2.24) is 15.0 Å². The summed E-state index contributed by atoms with van der Waals surface area (Å²) >= 11 is 1.62. The normalized spacial score (nSPS) is 11.1. The molecule has 3 rings (SSSR count). The number of hydrogen-bond acceptors (Lipinski definition) is 4. The molecule has 0 spiro atoms. The summed E-state index contributed by atoms with van der Waals surface area (Å²) in [7, 11) is 0. The second-order valence-electron chi connectivity index (χ2n) is 2.73. The van der Waals surface area contributed by atoms with E-state index >= 15 is 0 Å². The van der Waals surface area contributed by atoms with Crippen molar-refractivity contribution in [3.05, 3.63) is 30.2 Å². The fourth-order valence-corrected chi connectivity index (χ4v) is 2.17. The lowest BCUT2D eigenvalue weighted by atomic mass is 10.2. The van der Waals surface area contributed by atoms with Crippen molar-refractivity contribution in [3.8, 4) is 0 Å². The Labute approximate surface area is 78.1 Å². The summed E-state index contributed by atoms with van der Waals surface area (Å²) in [5, 5.41) is 1.07. The molecule has 0 amide bonds. The number of thiazole rings is 1. The SMILES string of the molecule is c1ncc2ccc3ncsc3c2n1. The Morgan fingerprint density at radius 3 is 3.15 bits per heavy atom. The number of aromatic nitrogens is 3. The van der Waals surface area contributed by atoms with Crippen LogP contribution >= 0.6 is 11.3 Å². The Morgan fingerprint density at radius 2 is 2.15 bits per heavy atom. The maximum Gasteiger partial charge on any atom is 0.116 e. The Balaban J connectivity index is 2.65. The molecule has 3 aromatic rings. The lowest BCUT2D eigenvalue weighted by Crippen LogP contribution is -1.80. The highest BCUT2D eigenvalue weighted by Gasteiger charge is 2.02. The quantitative estimate of drug-likeness (QED) is 0.541. The first-order chi connectivity index (χ1) is 6.45. The second-order valence-corrected chi connectivity index (χ2v) is 3.58. The molecular weight excluding hydrogens is 182 g/mol. The van der Waals surface area contributed by atoms with E-state index in [1.54, 1.807) is 17.7 Å². The number of nitrogens with zero attached hydrogens (tertiary/aromatic N) is 3. The van der Waals surface area contributed by atoms with Crippen molar-refractivity contribution in [2.75, 3.05) is 0 Å². The molecule has 13 heavy (non-hydrogen) atoms. The molecular formula is C9H5N3S. The van der Waals surface area contributed by atoms with Crippen LogP contribution in [0.25, 0.3) is 21.1 Å². The molecule has 0 radical (unpaired) electrons. The van der Waals surface area contributed by atoms with Crippen LogP contribution in [0.3, 0.4) is 0 Å². The third kappa shape index (κ3) is 0.922. The summed E-state index contributed by atoms with van der Waals surface area (Å²) in [5.74, 6) is 0. The molecule has 62 valence electrons. The number of rotatable bonds is 0. The van der Waals surface area contributed by atoms with E-state index in [9.17, 15) is 0 Å². The number of hydrogen-bond donors (Lipinski definition) is 0. The smallest absolute Gasteiger partial charge is 0.116 e. The highest BCUT2D eigenvalue weighted by atomic mass is 32.1. The molecule has 0 fully saturated rings. The van der Waals surface area contributed by atoms with Gasteiger partial charge in [0.15, 0.2) is 0 Å². The van der Waals surface area contributed by atoms with E-state index in [0.29, 0.717) is 0 Å². The average Bonchev–Trinajstić information content (AvgIpc) is 2.65. The molecule has 4 heteroatoms. The van der Waals surface area contributed by atoms with Gasteiger partial charge in [-0.1, -0.05) is 0 Å². The predicted molar refractivity (Wildman–Crippen MR) is 52.7 cm³/mol. The van der Waals surface area contributed by atoms with Gasteiger partial charge in [0.05, 0.1) is 21.2 Å². The van der Waals surface area contributed by atoms with Crippen LogP contribution in [0.4, 0.5) is 0 Å². The molecule has 0 aliphatic rings. The Bertz CT molecular complexity index is 573. The maximum atomic E-state index is 4.24. The molecule has 0 N–H and O–H groups in total. The van der Waals surface area contributed by atoms with E-state index in [0.717, 1.165) is 21.1 Å². The van der Waals surface area contributed by atoms with Crippen molar-refractivity contribution in [2.45, 2.75) is 0 Å². The van der Waals surface area contributed by atoms with Crippen LogP contribution in [-0.2, 0) is 0 Å². The molecule has 0 bridgehead atoms. The first kappa shape index (κ1) is 6.91. The zero-order chi connectivity index (χ0) is 8.67. The summed E-state index contributed by atoms with van der Waals surface area (Å²) in [6.07, 6.45) is 3.39. The van der Waals surface area contributed by atoms with E-state index in [1.165, 1.54) is 0 Å². The standard InChI is InChI=1S/C9H5N3S/c1-2-7-9(13-5-12-7)8-6(1)3-10-4-11-8/h1-5H.